The number of nitrogens with zero attached hydrogens (tertiary/aromatic N) is 1. The van der Waals surface area contributed by atoms with Gasteiger partial charge in [0.15, 0.2) is 0 Å². The van der Waals surface area contributed by atoms with Crippen LogP contribution in [0.25, 0.3) is 0 Å². The zero-order valence-electron chi connectivity index (χ0n) is 9.88. The van der Waals surface area contributed by atoms with E-state index >= 15 is 0 Å². The van der Waals surface area contributed by atoms with Gasteiger partial charge in [-0.1, -0.05) is 11.6 Å². The van der Waals surface area contributed by atoms with E-state index in [1.54, 1.807) is 0 Å². The van der Waals surface area contributed by atoms with Gasteiger partial charge in [0.1, 0.15) is 6.04 Å². The molecule has 1 heterocycles. The minimum atomic E-state index is -4.41. The van der Waals surface area contributed by atoms with Gasteiger partial charge in [0, 0.05) is 30.2 Å². The summed E-state index contributed by atoms with van der Waals surface area (Å²) in [6.45, 7) is -0.414. The second-order valence-corrected chi connectivity index (χ2v) is 4.72. The van der Waals surface area contributed by atoms with E-state index < -0.39 is 18.8 Å². The maximum Gasteiger partial charge on any atom is 0.410 e. The summed E-state index contributed by atoms with van der Waals surface area (Å²) in [6, 6.07) is 4.39. The Morgan fingerprint density at radius 2 is 1.89 bits per heavy atom. The molecule has 1 N–H and O–H groups in total. The van der Waals surface area contributed by atoms with Crippen LogP contribution in [0.5, 0.6) is 0 Å². The summed E-state index contributed by atoms with van der Waals surface area (Å²) < 4.78 is 39.1. The molecule has 1 aliphatic heterocycles. The minimum absolute atomic E-state index is 0.0254. The van der Waals surface area contributed by atoms with Crippen molar-refractivity contribution in [2.75, 3.05) is 18.0 Å². The van der Waals surface area contributed by atoms with Crippen LogP contribution in [0.15, 0.2) is 24.3 Å². The lowest BCUT2D eigenvalue weighted by molar-refractivity contribution is -0.147. The van der Waals surface area contributed by atoms with Gasteiger partial charge in [-0.2, -0.15) is 13.2 Å². The lowest BCUT2D eigenvalue weighted by atomic mass is 10.2. The number of amides is 1. The van der Waals surface area contributed by atoms with Crippen molar-refractivity contribution in [2.45, 2.75) is 18.6 Å². The first-order valence-corrected chi connectivity index (χ1v) is 6.11. The average molecular weight is 293 g/mol. The van der Waals surface area contributed by atoms with Crippen molar-refractivity contribution in [1.29, 1.82) is 0 Å². The molecule has 0 bridgehead atoms. The van der Waals surface area contributed by atoms with Crippen molar-refractivity contribution in [3.05, 3.63) is 29.3 Å². The van der Waals surface area contributed by atoms with Gasteiger partial charge in [-0.3, -0.25) is 4.79 Å². The van der Waals surface area contributed by atoms with E-state index in [1.165, 1.54) is 29.2 Å². The predicted octanol–water partition coefficient (Wildman–Crippen LogP) is 2.60. The largest absolute Gasteiger partial charge is 0.410 e. The molecule has 0 radical (unpaired) electrons. The van der Waals surface area contributed by atoms with Gasteiger partial charge in [-0.05, 0) is 24.3 Å². The third kappa shape index (κ3) is 3.32. The number of nitrogens with one attached hydrogen (secondary N) is 1. The number of rotatable bonds is 1. The van der Waals surface area contributed by atoms with E-state index in [2.05, 4.69) is 5.32 Å². The van der Waals surface area contributed by atoms with Crippen molar-refractivity contribution < 1.29 is 18.0 Å². The number of hydrogen-bond acceptors (Lipinski definition) is 2. The second kappa shape index (κ2) is 5.28. The van der Waals surface area contributed by atoms with E-state index in [-0.39, 0.29) is 18.9 Å². The molecule has 1 fully saturated rings. The normalized spacial score (nSPS) is 20.9. The molecule has 104 valence electrons. The van der Waals surface area contributed by atoms with Gasteiger partial charge in [0.05, 0.1) is 0 Å². The highest BCUT2D eigenvalue weighted by molar-refractivity contribution is 6.30. The van der Waals surface area contributed by atoms with E-state index in [9.17, 15) is 18.0 Å². The molecule has 1 aromatic rings. The molecule has 1 amide bonds. The molecule has 0 aromatic heterocycles. The van der Waals surface area contributed by atoms with Crippen molar-refractivity contribution in [3.8, 4) is 0 Å². The Balaban J connectivity index is 2.31. The lowest BCUT2D eigenvalue weighted by Gasteiger charge is -2.32. The molecule has 1 unspecified atom stereocenters. The molecule has 0 spiro atoms. The maximum absolute atomic E-state index is 13.0. The molecule has 0 saturated carbocycles. The molecular weight excluding hydrogens is 281 g/mol. The molecule has 1 atom stereocenters. The summed E-state index contributed by atoms with van der Waals surface area (Å²) in [7, 11) is 0. The summed E-state index contributed by atoms with van der Waals surface area (Å²) in [6.07, 6.45) is -4.37. The van der Waals surface area contributed by atoms with E-state index in [0.717, 1.165) is 0 Å². The number of alkyl halides is 3. The van der Waals surface area contributed by atoms with E-state index in [1.807, 2.05) is 0 Å². The van der Waals surface area contributed by atoms with E-state index in [4.69, 9.17) is 11.6 Å². The zero-order valence-corrected chi connectivity index (χ0v) is 10.6. The Labute approximate surface area is 113 Å². The van der Waals surface area contributed by atoms with Crippen molar-refractivity contribution in [2.24, 2.45) is 0 Å². The van der Waals surface area contributed by atoms with Crippen LogP contribution < -0.4 is 10.2 Å². The molecule has 0 aliphatic carbocycles. The average Bonchev–Trinajstić information content (AvgIpc) is 2.52. The first kappa shape index (κ1) is 14.0. The number of anilines is 1. The van der Waals surface area contributed by atoms with Crippen molar-refractivity contribution in [1.82, 2.24) is 5.32 Å². The van der Waals surface area contributed by atoms with Gasteiger partial charge in [0.25, 0.3) is 0 Å². The van der Waals surface area contributed by atoms with Crippen molar-refractivity contribution in [3.63, 3.8) is 0 Å². The second-order valence-electron chi connectivity index (χ2n) is 4.28. The number of halogens is 4. The number of carbonyl (C=O) groups excluding carboxylic acids is 1. The molecule has 7 heteroatoms. The molecule has 3 nitrogen and oxygen atoms in total. The Morgan fingerprint density at radius 3 is 2.47 bits per heavy atom. The highest BCUT2D eigenvalue weighted by atomic mass is 35.5. The first-order chi connectivity index (χ1) is 8.88. The fourth-order valence-corrected chi connectivity index (χ4v) is 2.15. The monoisotopic (exact) mass is 292 g/mol. The van der Waals surface area contributed by atoms with Gasteiger partial charge in [-0.25, -0.2) is 0 Å². The number of hydrogen-bond donors (Lipinski definition) is 1. The van der Waals surface area contributed by atoms with Crippen LogP contribution in [0.4, 0.5) is 18.9 Å². The van der Waals surface area contributed by atoms with Crippen LogP contribution in [0, 0.1) is 0 Å². The van der Waals surface area contributed by atoms with Crippen LogP contribution in [-0.4, -0.2) is 31.2 Å². The highest BCUT2D eigenvalue weighted by Gasteiger charge is 2.44. The summed E-state index contributed by atoms with van der Waals surface area (Å²) in [5, 5.41) is 2.74. The summed E-state index contributed by atoms with van der Waals surface area (Å²) in [4.78, 5) is 12.4. The maximum atomic E-state index is 13.0. The van der Waals surface area contributed by atoms with E-state index in [0.29, 0.717) is 10.7 Å². The smallest absolute Gasteiger partial charge is 0.358 e. The van der Waals surface area contributed by atoms with Gasteiger partial charge < -0.3 is 10.2 Å². The first-order valence-electron chi connectivity index (χ1n) is 5.73. The highest BCUT2D eigenvalue weighted by Crippen LogP contribution is 2.30. The molecule has 2 rings (SSSR count). The molecule has 1 aromatic carbocycles. The van der Waals surface area contributed by atoms with Crippen LogP contribution in [0.3, 0.4) is 0 Å². The Kier molecular flexibility index (Phi) is 3.89. The summed E-state index contributed by atoms with van der Waals surface area (Å²) >= 11 is 5.73. The molecule has 19 heavy (non-hydrogen) atoms. The molecule has 1 saturated heterocycles. The van der Waals surface area contributed by atoms with Crippen LogP contribution in [0.1, 0.15) is 6.42 Å². The third-order valence-corrected chi connectivity index (χ3v) is 3.24. The quantitative estimate of drug-likeness (QED) is 0.863. The van der Waals surface area contributed by atoms with Gasteiger partial charge >= 0.3 is 6.18 Å². The topological polar surface area (TPSA) is 32.3 Å². The SMILES string of the molecule is O=C1CCN(c2ccc(Cl)cc2)C(C(F)(F)F)CN1. The lowest BCUT2D eigenvalue weighted by Crippen LogP contribution is -2.50. The standard InChI is InChI=1S/C12H12ClF3N2O/c13-8-1-3-9(4-2-8)18-6-5-11(19)17-7-10(18)12(14,15)16/h1-4,10H,5-7H2,(H,17,19). The zero-order chi connectivity index (χ0) is 14.0. The number of carbonyl (C=O) groups is 1. The Morgan fingerprint density at radius 1 is 1.26 bits per heavy atom. The third-order valence-electron chi connectivity index (χ3n) is 2.98. The predicted molar refractivity (Wildman–Crippen MR) is 66.3 cm³/mol. The van der Waals surface area contributed by atoms with Crippen LogP contribution >= 0.6 is 11.6 Å². The van der Waals surface area contributed by atoms with Gasteiger partial charge in [0.2, 0.25) is 5.91 Å². The van der Waals surface area contributed by atoms with Gasteiger partial charge in [-0.15, -0.1) is 0 Å². The fraction of sp³-hybridized carbons (Fsp3) is 0.417. The Hall–Kier alpha value is -1.43. The van der Waals surface area contributed by atoms with Crippen molar-refractivity contribution >= 4 is 23.2 Å². The summed E-state index contributed by atoms with van der Waals surface area (Å²) in [5.74, 6) is -0.370. The van der Waals surface area contributed by atoms with Crippen LogP contribution in [-0.2, 0) is 4.79 Å². The minimum Gasteiger partial charge on any atom is -0.358 e. The van der Waals surface area contributed by atoms with Crippen LogP contribution in [0.2, 0.25) is 5.02 Å². The summed E-state index contributed by atoms with van der Waals surface area (Å²) in [5.41, 5.74) is 0.406. The fourth-order valence-electron chi connectivity index (χ4n) is 2.02. The molecule has 1 aliphatic rings. The Bertz CT molecular complexity index is 461. The molecular formula is C12H12ClF3N2O. The number of benzene rings is 1.